The molecule has 5 rings (SSSR count). The molecule has 1 atom stereocenters. The SMILES string of the molecule is CCC(C)OC(=O)c1c(SC)ncn1Cc1ccc(-c2ccccc2S(=O)(=O)NC(=O)NC(c2ccccc2)c2ccccc2)cc1.[K]. The Labute approximate surface area is 328 Å². The maximum atomic E-state index is 13.6. The van der Waals surface area contributed by atoms with Crippen molar-refractivity contribution in [2.24, 2.45) is 0 Å². The molecule has 0 aliphatic rings. The van der Waals surface area contributed by atoms with E-state index in [1.807, 2.05) is 105 Å². The van der Waals surface area contributed by atoms with Crippen molar-refractivity contribution in [3.63, 3.8) is 0 Å². The molecule has 0 bridgehead atoms. The number of imidazole rings is 1. The second-order valence-electron chi connectivity index (χ2n) is 10.9. The standard InChI is InChI=1S/C36H36N4O5S2.K/c1-4-25(2)45-35(41)33-34(46-3)37-24-40(33)23-26-19-21-27(22-20-26)30-17-11-12-18-31(30)47(43,44)39-36(42)38-32(28-13-7-5-8-14-28)29-15-9-6-10-16-29;/h5-22,24-25,32H,4,23H2,1-3H3,(H2,38,39,42);. The van der Waals surface area contributed by atoms with Gasteiger partial charge in [0.05, 0.1) is 23.4 Å². The minimum absolute atomic E-state index is 0. The number of carbonyl (C=O) groups excluding carboxylic acids is 2. The van der Waals surface area contributed by atoms with Crippen molar-refractivity contribution in [2.75, 3.05) is 6.26 Å². The molecule has 0 fully saturated rings. The monoisotopic (exact) mass is 707 g/mol. The van der Waals surface area contributed by atoms with Crippen LogP contribution < -0.4 is 10.0 Å². The fourth-order valence-electron chi connectivity index (χ4n) is 5.07. The van der Waals surface area contributed by atoms with Gasteiger partial charge in [0.25, 0.3) is 10.0 Å². The molecule has 2 amide bonds. The zero-order valence-corrected chi connectivity index (χ0v) is 32.0. The molecule has 0 spiro atoms. The number of hydrogen-bond acceptors (Lipinski definition) is 7. The molecule has 0 aliphatic heterocycles. The van der Waals surface area contributed by atoms with Gasteiger partial charge in [-0.3, -0.25) is 0 Å². The quantitative estimate of drug-likeness (QED) is 0.0845. The van der Waals surface area contributed by atoms with Gasteiger partial charge >= 0.3 is 12.0 Å². The number of thioether (sulfide) groups is 1. The van der Waals surface area contributed by atoms with Crippen LogP contribution in [0.5, 0.6) is 0 Å². The molecule has 12 heteroatoms. The molecule has 4 aromatic carbocycles. The molecule has 5 aromatic rings. The molecule has 243 valence electrons. The average Bonchev–Trinajstić information content (AvgIpc) is 3.50. The first-order valence-corrected chi connectivity index (χ1v) is 17.8. The van der Waals surface area contributed by atoms with Crippen molar-refractivity contribution in [3.05, 3.63) is 138 Å². The number of nitrogens with zero attached hydrogens (tertiary/aromatic N) is 2. The first-order valence-electron chi connectivity index (χ1n) is 15.1. The summed E-state index contributed by atoms with van der Waals surface area (Å²) in [5, 5.41) is 3.41. The summed E-state index contributed by atoms with van der Waals surface area (Å²) >= 11 is 1.37. The summed E-state index contributed by atoms with van der Waals surface area (Å²) in [6.45, 7) is 4.17. The largest absolute Gasteiger partial charge is 0.458 e. The average molecular weight is 708 g/mol. The van der Waals surface area contributed by atoms with Gasteiger partial charge in [-0.05, 0) is 47.9 Å². The number of urea groups is 1. The topological polar surface area (TPSA) is 119 Å². The Kier molecular flexibility index (Phi) is 13.6. The summed E-state index contributed by atoms with van der Waals surface area (Å²) < 4.78 is 36.7. The van der Waals surface area contributed by atoms with Gasteiger partial charge in [0.2, 0.25) is 0 Å². The van der Waals surface area contributed by atoms with Gasteiger partial charge in [-0.25, -0.2) is 27.7 Å². The zero-order chi connectivity index (χ0) is 33.4. The molecule has 0 saturated heterocycles. The Bertz CT molecular complexity index is 1900. The van der Waals surface area contributed by atoms with Gasteiger partial charge in [-0.2, -0.15) is 0 Å². The number of sulfonamides is 1. The number of amides is 2. The summed E-state index contributed by atoms with van der Waals surface area (Å²) in [6, 6.07) is 31.2. The maximum absolute atomic E-state index is 13.6. The van der Waals surface area contributed by atoms with Crippen molar-refractivity contribution >= 4 is 85.2 Å². The zero-order valence-electron chi connectivity index (χ0n) is 27.3. The predicted octanol–water partition coefficient (Wildman–Crippen LogP) is 6.67. The Balaban J connectivity index is 0.00000520. The van der Waals surface area contributed by atoms with Gasteiger partial charge in [-0.1, -0.05) is 110 Å². The van der Waals surface area contributed by atoms with E-state index < -0.39 is 28.1 Å². The second kappa shape index (κ2) is 17.4. The van der Waals surface area contributed by atoms with Crippen LogP contribution in [0.1, 0.15) is 53.5 Å². The third-order valence-electron chi connectivity index (χ3n) is 7.64. The number of benzene rings is 4. The van der Waals surface area contributed by atoms with Crippen LogP contribution in [0.15, 0.2) is 125 Å². The van der Waals surface area contributed by atoms with Crippen LogP contribution in [-0.4, -0.2) is 93.7 Å². The molecular weight excluding hydrogens is 672 g/mol. The van der Waals surface area contributed by atoms with E-state index in [1.165, 1.54) is 17.8 Å². The van der Waals surface area contributed by atoms with Crippen LogP contribution in [0.4, 0.5) is 4.79 Å². The van der Waals surface area contributed by atoms with Crippen LogP contribution >= 0.6 is 11.8 Å². The molecular formula is C36H36KN4O5S2. The Morgan fingerprint density at radius 3 is 2.04 bits per heavy atom. The van der Waals surface area contributed by atoms with Gasteiger partial charge < -0.3 is 14.6 Å². The predicted molar refractivity (Wildman–Crippen MR) is 189 cm³/mol. The van der Waals surface area contributed by atoms with E-state index in [-0.39, 0.29) is 62.4 Å². The maximum Gasteiger partial charge on any atom is 0.358 e. The Hall–Kier alpha value is -3.23. The number of hydrogen-bond donors (Lipinski definition) is 2. The summed E-state index contributed by atoms with van der Waals surface area (Å²) in [5.74, 6) is -0.424. The second-order valence-corrected chi connectivity index (χ2v) is 13.3. The first-order chi connectivity index (χ1) is 22.7. The molecule has 48 heavy (non-hydrogen) atoms. The number of carbonyl (C=O) groups is 2. The van der Waals surface area contributed by atoms with Crippen molar-refractivity contribution in [1.29, 1.82) is 0 Å². The van der Waals surface area contributed by atoms with Crippen LogP contribution in [0.3, 0.4) is 0 Å². The number of aromatic nitrogens is 2. The van der Waals surface area contributed by atoms with E-state index in [1.54, 1.807) is 29.1 Å². The first kappa shape index (κ1) is 37.6. The van der Waals surface area contributed by atoms with Crippen LogP contribution in [-0.2, 0) is 21.3 Å². The van der Waals surface area contributed by atoms with E-state index in [2.05, 4.69) is 15.0 Å². The van der Waals surface area contributed by atoms with Gasteiger partial charge in [0.1, 0.15) is 5.03 Å². The fourth-order valence-corrected chi connectivity index (χ4v) is 6.77. The van der Waals surface area contributed by atoms with Crippen LogP contribution in [0.2, 0.25) is 0 Å². The molecule has 0 saturated carbocycles. The molecule has 1 radical (unpaired) electrons. The third kappa shape index (κ3) is 9.26. The van der Waals surface area contributed by atoms with Gasteiger partial charge in [0.15, 0.2) is 5.69 Å². The van der Waals surface area contributed by atoms with Crippen LogP contribution in [0, 0.1) is 0 Å². The number of ether oxygens (including phenoxy) is 1. The minimum atomic E-state index is -4.26. The minimum Gasteiger partial charge on any atom is -0.458 e. The third-order valence-corrected chi connectivity index (χ3v) is 9.71. The van der Waals surface area contributed by atoms with Crippen LogP contribution in [0.25, 0.3) is 11.1 Å². The van der Waals surface area contributed by atoms with E-state index >= 15 is 0 Å². The number of rotatable bonds is 12. The molecule has 9 nitrogen and oxygen atoms in total. The van der Waals surface area contributed by atoms with E-state index in [0.29, 0.717) is 34.8 Å². The molecule has 1 aromatic heterocycles. The molecule has 0 aliphatic carbocycles. The number of nitrogens with one attached hydrogen (secondary N) is 2. The van der Waals surface area contributed by atoms with Gasteiger partial charge in [0, 0.05) is 63.5 Å². The van der Waals surface area contributed by atoms with Crippen molar-refractivity contribution in [2.45, 2.75) is 48.9 Å². The molecule has 1 unspecified atom stereocenters. The Morgan fingerprint density at radius 2 is 1.46 bits per heavy atom. The number of esters is 1. The van der Waals surface area contributed by atoms with E-state index in [9.17, 15) is 18.0 Å². The van der Waals surface area contributed by atoms with Gasteiger partial charge in [-0.15, -0.1) is 11.8 Å². The van der Waals surface area contributed by atoms with E-state index in [0.717, 1.165) is 16.7 Å². The van der Waals surface area contributed by atoms with Crippen molar-refractivity contribution in [1.82, 2.24) is 19.6 Å². The van der Waals surface area contributed by atoms with Crippen molar-refractivity contribution < 1.29 is 22.7 Å². The molecule has 1 heterocycles. The summed E-state index contributed by atoms with van der Waals surface area (Å²) in [4.78, 5) is 30.5. The summed E-state index contributed by atoms with van der Waals surface area (Å²) in [5.41, 5.74) is 3.98. The van der Waals surface area contributed by atoms with E-state index in [4.69, 9.17) is 4.74 Å². The van der Waals surface area contributed by atoms with Crippen molar-refractivity contribution in [3.8, 4) is 11.1 Å². The summed E-state index contributed by atoms with van der Waals surface area (Å²) in [6.07, 6.45) is 3.96. The Morgan fingerprint density at radius 1 is 0.875 bits per heavy atom. The fraction of sp³-hybridized carbons (Fsp3) is 0.194. The summed E-state index contributed by atoms with van der Waals surface area (Å²) in [7, 11) is -4.26. The molecule has 2 N–H and O–H groups in total. The smallest absolute Gasteiger partial charge is 0.358 e. The normalized spacial score (nSPS) is 11.8.